The number of rotatable bonds is 6. The topological polar surface area (TPSA) is 172 Å². The number of carboxylic acid groups (broad SMARTS) is 1. The number of benzene rings is 2. The van der Waals surface area contributed by atoms with E-state index >= 15 is 0 Å². The molecule has 1 amide bonds. The van der Waals surface area contributed by atoms with Crippen LogP contribution in [0.5, 0.6) is 0 Å². The first kappa shape index (κ1) is 28.5. The SMILES string of the molecule is CC(=O)Nc1ccc([As](=O)(O)OO)cc1.NCc1cc(F)c(-c2ccc(Cl)c(C(=O)O)n2)cc1Cl. The first-order valence-electron chi connectivity index (χ1n) is 9.52. The summed E-state index contributed by atoms with van der Waals surface area (Å²) in [5.41, 5.74) is 6.27. The predicted molar refractivity (Wildman–Crippen MR) is 127 cm³/mol. The van der Waals surface area contributed by atoms with E-state index in [-0.39, 0.29) is 43.8 Å². The standard InChI is InChI=1S/C13H9Cl2FN2O2.C8H10AsNO5/c14-8-1-2-11(18-12(8)13(19)20)7-4-9(15)6(5-17)3-10(7)16;1-6(11)10-8-4-2-7(3-5-8)9(12,13)15-14/h1-4H,5,17H2,(H,19,20);2-5,14H,1H3,(H,10,11)(H,12,13). The maximum Gasteiger partial charge on any atom is 0.356 e. The van der Waals surface area contributed by atoms with Gasteiger partial charge < -0.3 is 10.8 Å². The molecule has 3 aromatic rings. The third-order valence-electron chi connectivity index (χ3n) is 4.31. The van der Waals surface area contributed by atoms with Gasteiger partial charge in [-0.05, 0) is 29.8 Å². The Hall–Kier alpha value is -2.76. The molecular formula is C21H19AsCl2FN3O7. The molecule has 10 nitrogen and oxygen atoms in total. The van der Waals surface area contributed by atoms with Gasteiger partial charge in [0.25, 0.3) is 0 Å². The summed E-state index contributed by atoms with van der Waals surface area (Å²) in [4.78, 5) is 25.5. The van der Waals surface area contributed by atoms with Crippen molar-refractivity contribution in [3.63, 3.8) is 0 Å². The third-order valence-corrected chi connectivity index (χ3v) is 7.42. The van der Waals surface area contributed by atoms with Gasteiger partial charge in [-0.15, -0.1) is 0 Å². The number of nitrogens with one attached hydrogen (secondary N) is 1. The van der Waals surface area contributed by atoms with Crippen molar-refractivity contribution in [2.75, 3.05) is 5.32 Å². The normalized spacial score (nSPS) is 12.2. The summed E-state index contributed by atoms with van der Waals surface area (Å²) in [6, 6.07) is 10.8. The van der Waals surface area contributed by atoms with E-state index in [2.05, 4.69) is 14.2 Å². The zero-order valence-electron chi connectivity index (χ0n) is 17.9. The van der Waals surface area contributed by atoms with Gasteiger partial charge in [0, 0.05) is 17.1 Å². The Bertz CT molecular complexity index is 1290. The van der Waals surface area contributed by atoms with Crippen LogP contribution in [0, 0.1) is 5.82 Å². The summed E-state index contributed by atoms with van der Waals surface area (Å²) in [6.07, 6.45) is 0. The van der Waals surface area contributed by atoms with Crippen LogP contribution in [0.4, 0.5) is 10.1 Å². The molecule has 0 aliphatic heterocycles. The van der Waals surface area contributed by atoms with Crippen molar-refractivity contribution in [1.82, 2.24) is 4.98 Å². The van der Waals surface area contributed by atoms with Crippen molar-refractivity contribution in [2.24, 2.45) is 5.73 Å². The molecule has 0 aliphatic rings. The van der Waals surface area contributed by atoms with E-state index in [1.165, 1.54) is 55.5 Å². The van der Waals surface area contributed by atoms with Crippen LogP contribution in [0.2, 0.25) is 10.0 Å². The molecule has 0 radical (unpaired) electrons. The molecule has 3 rings (SSSR count). The molecule has 1 aromatic heterocycles. The minimum Gasteiger partial charge on any atom is -0.476 e. The van der Waals surface area contributed by atoms with Crippen molar-refractivity contribution in [3.05, 3.63) is 75.7 Å². The fourth-order valence-electron chi connectivity index (χ4n) is 2.67. The van der Waals surface area contributed by atoms with E-state index in [1.807, 2.05) is 0 Å². The largest absolute Gasteiger partial charge is 0.476 e. The maximum atomic E-state index is 14.0. The zero-order chi connectivity index (χ0) is 26.3. The second-order valence-electron chi connectivity index (χ2n) is 6.79. The summed E-state index contributed by atoms with van der Waals surface area (Å²) >= 11 is 6.92. The van der Waals surface area contributed by atoms with Crippen molar-refractivity contribution in [1.29, 1.82) is 0 Å². The number of carbonyl (C=O) groups excluding carboxylic acids is 1. The second-order valence-corrected chi connectivity index (χ2v) is 11.2. The van der Waals surface area contributed by atoms with Gasteiger partial charge >= 0.3 is 94.4 Å². The Morgan fingerprint density at radius 2 is 1.77 bits per heavy atom. The molecule has 35 heavy (non-hydrogen) atoms. The van der Waals surface area contributed by atoms with Crippen LogP contribution >= 0.6 is 23.2 Å². The second kappa shape index (κ2) is 12.3. The number of hydrogen-bond acceptors (Lipinski definition) is 7. The number of carboxylic acids is 1. The fourth-order valence-corrected chi connectivity index (χ4v) is 4.39. The Morgan fingerprint density at radius 1 is 1.14 bits per heavy atom. The predicted octanol–water partition coefficient (Wildman–Crippen LogP) is 3.05. The van der Waals surface area contributed by atoms with Crippen molar-refractivity contribution in [2.45, 2.75) is 13.5 Å². The van der Waals surface area contributed by atoms with Gasteiger partial charge in [0.05, 0.1) is 10.7 Å². The number of nitrogens with zero attached hydrogens (tertiary/aromatic N) is 1. The number of aromatic nitrogens is 1. The van der Waals surface area contributed by atoms with Crippen LogP contribution in [-0.4, -0.2) is 45.5 Å². The average molecular weight is 590 g/mol. The summed E-state index contributed by atoms with van der Waals surface area (Å²) in [5, 5.41) is 19.9. The number of aromatic carboxylic acids is 1. The van der Waals surface area contributed by atoms with Crippen LogP contribution in [0.1, 0.15) is 23.0 Å². The Kier molecular flexibility index (Phi) is 9.99. The van der Waals surface area contributed by atoms with Crippen LogP contribution in [0.15, 0.2) is 48.5 Å². The summed E-state index contributed by atoms with van der Waals surface area (Å²) in [7, 11) is 0. The first-order valence-corrected chi connectivity index (χ1v) is 13.6. The van der Waals surface area contributed by atoms with E-state index in [9.17, 15) is 17.7 Å². The van der Waals surface area contributed by atoms with Crippen LogP contribution in [-0.2, 0) is 19.0 Å². The molecule has 0 saturated carbocycles. The van der Waals surface area contributed by atoms with Crippen molar-refractivity contribution in [3.8, 4) is 11.3 Å². The smallest absolute Gasteiger partial charge is 0.356 e. The molecule has 0 fully saturated rings. The van der Waals surface area contributed by atoms with Crippen LogP contribution < -0.4 is 15.4 Å². The van der Waals surface area contributed by atoms with Gasteiger partial charge in [0.1, 0.15) is 5.82 Å². The van der Waals surface area contributed by atoms with E-state index in [4.69, 9.17) is 43.4 Å². The Morgan fingerprint density at radius 3 is 2.29 bits per heavy atom. The zero-order valence-corrected chi connectivity index (χ0v) is 21.3. The third kappa shape index (κ3) is 7.61. The monoisotopic (exact) mass is 589 g/mol. The van der Waals surface area contributed by atoms with E-state index in [0.717, 1.165) is 0 Å². The van der Waals surface area contributed by atoms with Crippen molar-refractivity contribution < 1.29 is 36.1 Å². The molecule has 1 atom stereocenters. The molecule has 1 unspecified atom stereocenters. The average Bonchev–Trinajstić information content (AvgIpc) is 2.81. The summed E-state index contributed by atoms with van der Waals surface area (Å²) in [5.74, 6) is -2.11. The Balaban J connectivity index is 0.000000258. The minimum absolute atomic E-state index is 0.00438. The molecule has 0 spiro atoms. The van der Waals surface area contributed by atoms with E-state index in [0.29, 0.717) is 11.3 Å². The van der Waals surface area contributed by atoms with Gasteiger partial charge in [-0.2, -0.15) is 0 Å². The molecule has 6 N–H and O–H groups in total. The summed E-state index contributed by atoms with van der Waals surface area (Å²) < 4.78 is 37.8. The van der Waals surface area contributed by atoms with Gasteiger partial charge in [-0.3, -0.25) is 0 Å². The molecular weight excluding hydrogens is 571 g/mol. The van der Waals surface area contributed by atoms with E-state index in [1.54, 1.807) is 0 Å². The van der Waals surface area contributed by atoms with Gasteiger partial charge in [-0.1, -0.05) is 23.2 Å². The fraction of sp³-hybridized carbons (Fsp3) is 0.0952. The summed E-state index contributed by atoms with van der Waals surface area (Å²) in [6.45, 7) is 1.45. The molecule has 0 aliphatic carbocycles. The van der Waals surface area contributed by atoms with Gasteiger partial charge in [-0.25, -0.2) is 14.2 Å². The Labute approximate surface area is 211 Å². The quantitative estimate of drug-likeness (QED) is 0.164. The molecule has 0 bridgehead atoms. The molecule has 1 heterocycles. The van der Waals surface area contributed by atoms with E-state index < -0.39 is 26.0 Å². The van der Waals surface area contributed by atoms with Crippen LogP contribution in [0.3, 0.4) is 0 Å². The maximum absolute atomic E-state index is 14.0. The number of pyridine rings is 1. The van der Waals surface area contributed by atoms with Gasteiger partial charge in [0.15, 0.2) is 5.69 Å². The number of hydrogen-bond donors (Lipinski definition) is 5. The molecule has 2 aromatic carbocycles. The number of carbonyl (C=O) groups is 2. The number of anilines is 1. The van der Waals surface area contributed by atoms with Gasteiger partial charge in [0.2, 0.25) is 0 Å². The minimum atomic E-state index is -4.76. The van der Waals surface area contributed by atoms with Crippen molar-refractivity contribution >= 4 is 59.3 Å². The molecule has 0 saturated heterocycles. The molecule has 186 valence electrons. The number of halogens is 3. The van der Waals surface area contributed by atoms with Crippen LogP contribution in [0.25, 0.3) is 11.3 Å². The molecule has 14 heteroatoms. The first-order chi connectivity index (χ1) is 16.4. The number of amides is 1. The number of nitrogens with two attached hydrogens (primary N) is 1.